The molecule has 0 saturated carbocycles. The number of hydrogen-bond donors (Lipinski definition) is 1. The average molecular weight is 381 g/mol. The van der Waals surface area contributed by atoms with E-state index in [-0.39, 0.29) is 5.91 Å². The number of pyridine rings is 1. The van der Waals surface area contributed by atoms with Crippen molar-refractivity contribution < 1.29 is 9.21 Å². The maximum Gasteiger partial charge on any atom is 0.230 e. The van der Waals surface area contributed by atoms with E-state index in [0.29, 0.717) is 12.3 Å². The quantitative estimate of drug-likeness (QED) is 0.503. The van der Waals surface area contributed by atoms with Gasteiger partial charge >= 0.3 is 0 Å². The molecule has 0 saturated heterocycles. The molecule has 0 aliphatic carbocycles. The first-order valence-corrected chi connectivity index (χ1v) is 9.82. The molecule has 26 heavy (non-hydrogen) atoms. The number of benzene rings is 1. The van der Waals surface area contributed by atoms with Gasteiger partial charge in [0.1, 0.15) is 5.69 Å². The van der Waals surface area contributed by atoms with Gasteiger partial charge < -0.3 is 9.73 Å². The van der Waals surface area contributed by atoms with Gasteiger partial charge in [0.2, 0.25) is 5.91 Å². The van der Waals surface area contributed by atoms with Crippen LogP contribution in [-0.4, -0.2) is 21.6 Å². The molecule has 4 rings (SSSR count). The van der Waals surface area contributed by atoms with E-state index < -0.39 is 0 Å². The number of fused-ring (bicyclic) bond motifs is 1. The van der Waals surface area contributed by atoms with E-state index in [1.54, 1.807) is 23.8 Å². The second kappa shape index (κ2) is 7.72. The Hall–Kier alpha value is -2.64. The summed E-state index contributed by atoms with van der Waals surface area (Å²) in [5, 5.41) is 2.91. The lowest BCUT2D eigenvalue weighted by Crippen LogP contribution is -2.24. The number of carbonyl (C=O) groups excluding carboxylic acids is 1. The molecule has 7 heteroatoms. The fraction of sp³-hybridized carbons (Fsp3) is 0.105. The lowest BCUT2D eigenvalue weighted by molar-refractivity contribution is -0.118. The van der Waals surface area contributed by atoms with Gasteiger partial charge in [0.25, 0.3) is 0 Å². The van der Waals surface area contributed by atoms with Crippen molar-refractivity contribution in [2.45, 2.75) is 10.9 Å². The maximum absolute atomic E-state index is 12.1. The van der Waals surface area contributed by atoms with Crippen LogP contribution < -0.4 is 5.32 Å². The minimum Gasteiger partial charge on any atom is -0.463 e. The van der Waals surface area contributed by atoms with Crippen LogP contribution in [0.15, 0.2) is 69.7 Å². The Morgan fingerprint density at radius 3 is 2.85 bits per heavy atom. The first-order chi connectivity index (χ1) is 12.8. The fourth-order valence-electron chi connectivity index (χ4n) is 2.39. The number of hydrogen-bond acceptors (Lipinski definition) is 6. The van der Waals surface area contributed by atoms with Crippen LogP contribution in [0, 0.1) is 0 Å². The number of para-hydroxylation sites is 1. The van der Waals surface area contributed by atoms with Gasteiger partial charge in [0.05, 0.1) is 22.2 Å². The standard InChI is InChI=1S/C19H15N3O2S2/c23-18(12-25-19-22-15-4-1-2-6-17(15)26-19)21-11-13-7-8-14(20-10-13)16-5-3-9-24-16/h1-10H,11-12H2,(H,21,23). The van der Waals surface area contributed by atoms with Crippen LogP contribution in [0.4, 0.5) is 0 Å². The summed E-state index contributed by atoms with van der Waals surface area (Å²) >= 11 is 3.06. The summed E-state index contributed by atoms with van der Waals surface area (Å²) < 4.78 is 7.36. The molecular formula is C19H15N3O2S2. The lowest BCUT2D eigenvalue weighted by atomic mass is 10.2. The van der Waals surface area contributed by atoms with Crippen molar-refractivity contribution in [3.63, 3.8) is 0 Å². The van der Waals surface area contributed by atoms with E-state index in [4.69, 9.17) is 4.42 Å². The van der Waals surface area contributed by atoms with Gasteiger partial charge in [-0.25, -0.2) is 4.98 Å². The Morgan fingerprint density at radius 2 is 2.08 bits per heavy atom. The number of thioether (sulfide) groups is 1. The van der Waals surface area contributed by atoms with Crippen molar-refractivity contribution in [2.75, 3.05) is 5.75 Å². The van der Waals surface area contributed by atoms with E-state index in [2.05, 4.69) is 15.3 Å². The van der Waals surface area contributed by atoms with E-state index in [0.717, 1.165) is 31.6 Å². The molecule has 5 nitrogen and oxygen atoms in total. The van der Waals surface area contributed by atoms with Gasteiger partial charge in [-0.05, 0) is 35.9 Å². The predicted molar refractivity (Wildman–Crippen MR) is 104 cm³/mol. The molecule has 0 fully saturated rings. The highest BCUT2D eigenvalue weighted by molar-refractivity contribution is 8.01. The van der Waals surface area contributed by atoms with Crippen LogP contribution in [0.2, 0.25) is 0 Å². The zero-order valence-corrected chi connectivity index (χ0v) is 15.3. The number of furan rings is 1. The maximum atomic E-state index is 12.1. The smallest absolute Gasteiger partial charge is 0.230 e. The third-order valence-electron chi connectivity index (χ3n) is 3.69. The summed E-state index contributed by atoms with van der Waals surface area (Å²) in [6.45, 7) is 0.449. The largest absolute Gasteiger partial charge is 0.463 e. The van der Waals surface area contributed by atoms with Crippen LogP contribution >= 0.6 is 23.1 Å². The van der Waals surface area contributed by atoms with Gasteiger partial charge in [-0.2, -0.15) is 0 Å². The summed E-state index contributed by atoms with van der Waals surface area (Å²) in [6, 6.07) is 15.5. The molecule has 3 aromatic heterocycles. The van der Waals surface area contributed by atoms with Crippen LogP contribution in [0.5, 0.6) is 0 Å². The van der Waals surface area contributed by atoms with E-state index in [1.807, 2.05) is 48.5 Å². The minimum absolute atomic E-state index is 0.0237. The Balaban J connectivity index is 1.28. The second-order valence-electron chi connectivity index (χ2n) is 5.54. The van der Waals surface area contributed by atoms with Gasteiger partial charge in [0, 0.05) is 12.7 Å². The Morgan fingerprint density at radius 1 is 1.15 bits per heavy atom. The summed E-state index contributed by atoms with van der Waals surface area (Å²) in [7, 11) is 0. The average Bonchev–Trinajstić information content (AvgIpc) is 3.34. The normalized spacial score (nSPS) is 10.9. The molecule has 0 spiro atoms. The summed E-state index contributed by atoms with van der Waals surface area (Å²) in [6.07, 6.45) is 3.37. The zero-order valence-electron chi connectivity index (χ0n) is 13.7. The highest BCUT2D eigenvalue weighted by Crippen LogP contribution is 2.29. The van der Waals surface area contributed by atoms with Crippen LogP contribution in [0.3, 0.4) is 0 Å². The summed E-state index contributed by atoms with van der Waals surface area (Å²) in [4.78, 5) is 20.9. The molecule has 1 aromatic carbocycles. The number of nitrogens with one attached hydrogen (secondary N) is 1. The highest BCUT2D eigenvalue weighted by Gasteiger charge is 2.08. The number of thiazole rings is 1. The van der Waals surface area contributed by atoms with Crippen molar-refractivity contribution in [2.24, 2.45) is 0 Å². The fourth-order valence-corrected chi connectivity index (χ4v) is 4.29. The Kier molecular flexibility index (Phi) is 4.99. The number of nitrogens with zero attached hydrogens (tertiary/aromatic N) is 2. The molecule has 130 valence electrons. The lowest BCUT2D eigenvalue weighted by Gasteiger charge is -2.05. The molecule has 0 radical (unpaired) electrons. The molecule has 0 aliphatic rings. The summed E-state index contributed by atoms with van der Waals surface area (Å²) in [5.74, 6) is 1.05. The first kappa shape index (κ1) is 16.8. The third kappa shape index (κ3) is 3.95. The number of amides is 1. The molecular weight excluding hydrogens is 366 g/mol. The monoisotopic (exact) mass is 381 g/mol. The molecule has 3 heterocycles. The first-order valence-electron chi connectivity index (χ1n) is 8.02. The SMILES string of the molecule is O=C(CSc1nc2ccccc2s1)NCc1ccc(-c2ccco2)nc1. The van der Waals surface area contributed by atoms with Gasteiger partial charge in [-0.1, -0.05) is 30.0 Å². The molecule has 0 bridgehead atoms. The number of rotatable bonds is 6. The van der Waals surface area contributed by atoms with Crippen molar-refractivity contribution in [3.8, 4) is 11.5 Å². The van der Waals surface area contributed by atoms with Crippen molar-refractivity contribution in [1.82, 2.24) is 15.3 Å². The highest BCUT2D eigenvalue weighted by atomic mass is 32.2. The number of carbonyl (C=O) groups is 1. The molecule has 4 aromatic rings. The predicted octanol–water partition coefficient (Wildman–Crippen LogP) is 4.36. The van der Waals surface area contributed by atoms with E-state index >= 15 is 0 Å². The molecule has 1 N–H and O–H groups in total. The molecule has 0 unspecified atom stereocenters. The Labute approximate surface area is 158 Å². The van der Waals surface area contributed by atoms with Gasteiger partial charge in [-0.15, -0.1) is 11.3 Å². The van der Waals surface area contributed by atoms with Crippen molar-refractivity contribution >= 4 is 39.2 Å². The van der Waals surface area contributed by atoms with Crippen molar-refractivity contribution in [1.29, 1.82) is 0 Å². The minimum atomic E-state index is -0.0237. The second-order valence-corrected chi connectivity index (χ2v) is 7.80. The third-order valence-corrected chi connectivity index (χ3v) is 5.87. The summed E-state index contributed by atoms with van der Waals surface area (Å²) in [5.41, 5.74) is 2.69. The topological polar surface area (TPSA) is 68.0 Å². The van der Waals surface area contributed by atoms with Crippen LogP contribution in [0.1, 0.15) is 5.56 Å². The number of aromatic nitrogens is 2. The van der Waals surface area contributed by atoms with E-state index in [9.17, 15) is 4.79 Å². The molecule has 1 amide bonds. The van der Waals surface area contributed by atoms with E-state index in [1.165, 1.54) is 11.8 Å². The zero-order chi connectivity index (χ0) is 17.8. The molecule has 0 aliphatic heterocycles. The van der Waals surface area contributed by atoms with Gasteiger partial charge in [0.15, 0.2) is 10.1 Å². The van der Waals surface area contributed by atoms with Crippen LogP contribution in [-0.2, 0) is 11.3 Å². The Bertz CT molecular complexity index is 978. The van der Waals surface area contributed by atoms with Crippen molar-refractivity contribution in [3.05, 3.63) is 66.6 Å². The van der Waals surface area contributed by atoms with Gasteiger partial charge in [-0.3, -0.25) is 9.78 Å². The molecule has 0 atom stereocenters. The van der Waals surface area contributed by atoms with Crippen LogP contribution in [0.25, 0.3) is 21.7 Å².